The van der Waals surface area contributed by atoms with Gasteiger partial charge in [-0.3, -0.25) is 0 Å². The Hall–Kier alpha value is -2.80. The van der Waals surface area contributed by atoms with Crippen LogP contribution in [0.1, 0.15) is 23.7 Å². The van der Waals surface area contributed by atoms with E-state index in [1.165, 1.54) is 0 Å². The lowest BCUT2D eigenvalue weighted by atomic mass is 9.96. The Labute approximate surface area is 133 Å². The number of nitrogen functional groups attached to an aromatic ring is 1. The van der Waals surface area contributed by atoms with Crippen LogP contribution in [0.25, 0.3) is 16.6 Å². The van der Waals surface area contributed by atoms with Crippen LogP contribution in [0.2, 0.25) is 0 Å². The number of aryl methyl sites for hydroxylation is 1. The zero-order valence-corrected chi connectivity index (χ0v) is 13.0. The first-order chi connectivity index (χ1) is 11.1. The van der Waals surface area contributed by atoms with Gasteiger partial charge in [0.1, 0.15) is 5.52 Å². The van der Waals surface area contributed by atoms with E-state index in [0.29, 0.717) is 12.5 Å². The van der Waals surface area contributed by atoms with Crippen molar-refractivity contribution in [2.24, 2.45) is 7.05 Å². The Balaban J connectivity index is 1.92. The average molecular weight is 307 g/mol. The third kappa shape index (κ3) is 2.35. The molecule has 0 saturated heterocycles. The number of nitrogens with zero attached hydrogens (tertiary/aromatic N) is 5. The van der Waals surface area contributed by atoms with E-state index in [2.05, 4.69) is 50.7 Å². The third-order valence-corrected chi connectivity index (χ3v) is 4.11. The van der Waals surface area contributed by atoms with Crippen molar-refractivity contribution < 1.29 is 0 Å². The minimum Gasteiger partial charge on any atom is -0.368 e. The summed E-state index contributed by atoms with van der Waals surface area (Å²) < 4.78 is 1.78. The fourth-order valence-electron chi connectivity index (χ4n) is 2.90. The van der Waals surface area contributed by atoms with Gasteiger partial charge >= 0.3 is 0 Å². The van der Waals surface area contributed by atoms with Crippen LogP contribution < -0.4 is 11.1 Å². The predicted molar refractivity (Wildman–Crippen MR) is 88.3 cm³/mol. The van der Waals surface area contributed by atoms with Crippen molar-refractivity contribution >= 4 is 22.6 Å². The van der Waals surface area contributed by atoms with Gasteiger partial charge in [0, 0.05) is 31.4 Å². The van der Waals surface area contributed by atoms with Crippen molar-refractivity contribution in [3.05, 3.63) is 47.3 Å². The van der Waals surface area contributed by atoms with E-state index in [1.807, 2.05) is 13.1 Å². The van der Waals surface area contributed by atoms with E-state index in [-0.39, 0.29) is 6.04 Å². The molecule has 0 bridgehead atoms. The van der Waals surface area contributed by atoms with Gasteiger partial charge in [-0.05, 0) is 30.2 Å². The molecule has 3 aromatic rings. The summed E-state index contributed by atoms with van der Waals surface area (Å²) in [5.74, 6) is 0.297. The average Bonchev–Trinajstić information content (AvgIpc) is 2.83. The van der Waals surface area contributed by atoms with Gasteiger partial charge in [-0.1, -0.05) is 17.4 Å². The van der Waals surface area contributed by atoms with Gasteiger partial charge in [0.25, 0.3) is 0 Å². The van der Waals surface area contributed by atoms with Crippen molar-refractivity contribution in [3.8, 4) is 0 Å². The number of fused-ring (bicyclic) bond motifs is 2. The molecule has 23 heavy (non-hydrogen) atoms. The van der Waals surface area contributed by atoms with E-state index in [9.17, 15) is 0 Å². The fourth-order valence-corrected chi connectivity index (χ4v) is 2.90. The molecule has 7 nitrogen and oxygen atoms in total. The van der Waals surface area contributed by atoms with Crippen LogP contribution >= 0.6 is 0 Å². The van der Waals surface area contributed by atoms with Crippen molar-refractivity contribution in [1.82, 2.24) is 30.3 Å². The molecule has 0 amide bonds. The number of nitrogens with one attached hydrogen (secondary N) is 1. The zero-order chi connectivity index (χ0) is 16.0. The lowest BCUT2D eigenvalue weighted by Gasteiger charge is -2.10. The van der Waals surface area contributed by atoms with Gasteiger partial charge in [-0.2, -0.15) is 0 Å². The van der Waals surface area contributed by atoms with Crippen molar-refractivity contribution in [2.45, 2.75) is 19.5 Å². The van der Waals surface area contributed by atoms with Crippen LogP contribution in [-0.4, -0.2) is 31.0 Å². The monoisotopic (exact) mass is 307 g/mol. The van der Waals surface area contributed by atoms with Gasteiger partial charge in [0.05, 0.1) is 11.2 Å². The molecular weight excluding hydrogens is 290 g/mol. The second-order valence-electron chi connectivity index (χ2n) is 5.76. The van der Waals surface area contributed by atoms with Crippen LogP contribution in [0.3, 0.4) is 0 Å². The van der Waals surface area contributed by atoms with Crippen LogP contribution in [0, 0.1) is 0 Å². The summed E-state index contributed by atoms with van der Waals surface area (Å²) in [6.45, 7) is 2.78. The van der Waals surface area contributed by atoms with E-state index in [1.54, 1.807) is 10.9 Å². The minimum absolute atomic E-state index is 0.223. The molecule has 0 saturated carbocycles. The number of aromatic nitrogens is 5. The normalized spacial score (nSPS) is 17.7. The molecule has 0 unspecified atom stereocenters. The Bertz CT molecular complexity index is 925. The number of hydrogen-bond donors (Lipinski definition) is 2. The SMILES string of the molecule is C[C@@H]1C=C(c2ccc3nnn(C)c3c2)c2cnc(N)nc2CN1. The number of anilines is 1. The summed E-state index contributed by atoms with van der Waals surface area (Å²) in [6.07, 6.45) is 3.99. The summed E-state index contributed by atoms with van der Waals surface area (Å²) in [7, 11) is 1.89. The highest BCUT2D eigenvalue weighted by molar-refractivity contribution is 5.87. The van der Waals surface area contributed by atoms with Gasteiger partial charge in [-0.15, -0.1) is 5.10 Å². The van der Waals surface area contributed by atoms with Gasteiger partial charge in [-0.25, -0.2) is 14.6 Å². The molecule has 7 heteroatoms. The number of benzene rings is 1. The molecule has 1 aromatic carbocycles. The van der Waals surface area contributed by atoms with Crippen LogP contribution in [0.4, 0.5) is 5.95 Å². The molecule has 4 rings (SSSR count). The van der Waals surface area contributed by atoms with Crippen LogP contribution in [-0.2, 0) is 13.6 Å². The van der Waals surface area contributed by atoms with Crippen LogP contribution in [0.15, 0.2) is 30.5 Å². The summed E-state index contributed by atoms with van der Waals surface area (Å²) in [5.41, 5.74) is 11.7. The first kappa shape index (κ1) is 13.8. The van der Waals surface area contributed by atoms with Crippen molar-refractivity contribution in [3.63, 3.8) is 0 Å². The molecule has 1 aliphatic heterocycles. The second-order valence-corrected chi connectivity index (χ2v) is 5.76. The topological polar surface area (TPSA) is 94.5 Å². The van der Waals surface area contributed by atoms with E-state index >= 15 is 0 Å². The Morgan fingerprint density at radius 1 is 1.35 bits per heavy atom. The highest BCUT2D eigenvalue weighted by Crippen LogP contribution is 2.29. The molecule has 0 aliphatic carbocycles. The molecule has 116 valence electrons. The molecular formula is C16H17N7. The van der Waals surface area contributed by atoms with E-state index in [4.69, 9.17) is 5.73 Å². The second kappa shape index (κ2) is 5.13. The first-order valence-corrected chi connectivity index (χ1v) is 7.48. The standard InChI is InChI=1S/C16H17N7/c1-9-5-11(12-7-19-16(17)20-14(12)8-18-9)10-3-4-13-15(6-10)23(2)22-21-13/h3-7,9,18H,8H2,1-2H3,(H2,17,19,20)/t9-/m1/s1. The Morgan fingerprint density at radius 2 is 2.22 bits per heavy atom. The maximum atomic E-state index is 5.74. The smallest absolute Gasteiger partial charge is 0.220 e. The number of hydrogen-bond acceptors (Lipinski definition) is 6. The third-order valence-electron chi connectivity index (χ3n) is 4.11. The van der Waals surface area contributed by atoms with Crippen molar-refractivity contribution in [1.29, 1.82) is 0 Å². The molecule has 1 atom stereocenters. The maximum Gasteiger partial charge on any atom is 0.220 e. The molecule has 0 fully saturated rings. The fraction of sp³-hybridized carbons (Fsp3) is 0.250. The van der Waals surface area contributed by atoms with Gasteiger partial charge in [0.2, 0.25) is 5.95 Å². The molecule has 3 N–H and O–H groups in total. The van der Waals surface area contributed by atoms with Crippen LogP contribution in [0.5, 0.6) is 0 Å². The summed E-state index contributed by atoms with van der Waals surface area (Å²) in [5, 5.41) is 11.6. The molecule has 2 aromatic heterocycles. The lowest BCUT2D eigenvalue weighted by Crippen LogP contribution is -2.22. The Morgan fingerprint density at radius 3 is 3.09 bits per heavy atom. The van der Waals surface area contributed by atoms with Gasteiger partial charge in [0.15, 0.2) is 0 Å². The van der Waals surface area contributed by atoms with E-state index in [0.717, 1.165) is 33.4 Å². The summed E-state index contributed by atoms with van der Waals surface area (Å²) >= 11 is 0. The summed E-state index contributed by atoms with van der Waals surface area (Å²) in [6, 6.07) is 6.36. The highest BCUT2D eigenvalue weighted by Gasteiger charge is 2.18. The quantitative estimate of drug-likeness (QED) is 0.703. The minimum atomic E-state index is 0.223. The van der Waals surface area contributed by atoms with Crippen molar-refractivity contribution in [2.75, 3.05) is 5.73 Å². The summed E-state index contributed by atoms with van der Waals surface area (Å²) in [4.78, 5) is 8.56. The predicted octanol–water partition coefficient (Wildman–Crippen LogP) is 1.26. The van der Waals surface area contributed by atoms with E-state index < -0.39 is 0 Å². The largest absolute Gasteiger partial charge is 0.368 e. The first-order valence-electron chi connectivity index (χ1n) is 7.48. The Kier molecular flexibility index (Phi) is 3.09. The van der Waals surface area contributed by atoms with Gasteiger partial charge < -0.3 is 11.1 Å². The molecule has 0 spiro atoms. The number of rotatable bonds is 1. The highest BCUT2D eigenvalue weighted by atomic mass is 15.4. The maximum absolute atomic E-state index is 5.74. The number of nitrogens with two attached hydrogens (primary N) is 1. The molecule has 0 radical (unpaired) electrons. The lowest BCUT2D eigenvalue weighted by molar-refractivity contribution is 0.629. The zero-order valence-electron chi connectivity index (χ0n) is 13.0. The molecule has 1 aliphatic rings. The molecule has 3 heterocycles.